The Morgan fingerprint density at radius 2 is 1.39 bits per heavy atom. The molecular weight excluding hydrogens is 288 g/mol. The molecule has 1 aliphatic rings. The maximum atomic E-state index is 11.0. The van der Waals surface area contributed by atoms with E-state index in [1.54, 1.807) is 0 Å². The van der Waals surface area contributed by atoms with Gasteiger partial charge in [0.05, 0.1) is 6.10 Å². The summed E-state index contributed by atoms with van der Waals surface area (Å²) in [5, 5.41) is 0. The minimum Gasteiger partial charge on any atom is -0.344 e. The highest BCUT2D eigenvalue weighted by molar-refractivity contribution is 5.57. The summed E-state index contributed by atoms with van der Waals surface area (Å²) in [5.41, 5.74) is 0. The van der Waals surface area contributed by atoms with Gasteiger partial charge in [-0.1, -0.05) is 78.1 Å². The Hall–Kier alpha value is -0.410. The van der Waals surface area contributed by atoms with Gasteiger partial charge in [0, 0.05) is 0 Å². The van der Waals surface area contributed by atoms with Crippen molar-refractivity contribution in [3.63, 3.8) is 0 Å². The molecule has 1 rings (SSSR count). The van der Waals surface area contributed by atoms with Gasteiger partial charge in [0.1, 0.15) is 6.10 Å². The van der Waals surface area contributed by atoms with E-state index in [0.29, 0.717) is 0 Å². The van der Waals surface area contributed by atoms with Crippen LogP contribution in [0.15, 0.2) is 0 Å². The van der Waals surface area contributed by atoms with Crippen molar-refractivity contribution in [1.82, 2.24) is 0 Å². The molecule has 0 amide bonds. The van der Waals surface area contributed by atoms with Crippen molar-refractivity contribution in [2.24, 2.45) is 5.92 Å². The highest BCUT2D eigenvalue weighted by atomic mass is 16.8. The topological polar surface area (TPSA) is 35.5 Å². The van der Waals surface area contributed by atoms with Crippen LogP contribution in [0.25, 0.3) is 0 Å². The second kappa shape index (κ2) is 11.2. The normalized spacial score (nSPS) is 23.5. The summed E-state index contributed by atoms with van der Waals surface area (Å²) in [6, 6.07) is 0. The molecule has 3 heteroatoms. The van der Waals surface area contributed by atoms with Crippen LogP contribution in [0, 0.1) is 5.92 Å². The minimum absolute atomic E-state index is 0.0524. The van der Waals surface area contributed by atoms with Gasteiger partial charge in [-0.3, -0.25) is 0 Å². The van der Waals surface area contributed by atoms with Crippen LogP contribution in [0.4, 0.5) is 0 Å². The van der Waals surface area contributed by atoms with Gasteiger partial charge in [0.25, 0.3) is 0 Å². The smallest absolute Gasteiger partial charge is 0.164 e. The van der Waals surface area contributed by atoms with Crippen LogP contribution in [-0.2, 0) is 14.3 Å². The highest BCUT2D eigenvalue weighted by Crippen LogP contribution is 2.30. The molecule has 0 spiro atoms. The molecule has 0 aliphatic carbocycles. The van der Waals surface area contributed by atoms with Gasteiger partial charge in [-0.25, -0.2) is 0 Å². The third-order valence-electron chi connectivity index (χ3n) is 4.63. The molecule has 0 aromatic carbocycles. The Morgan fingerprint density at radius 1 is 0.870 bits per heavy atom. The quantitative estimate of drug-likeness (QED) is 0.324. The van der Waals surface area contributed by atoms with E-state index < -0.39 is 5.79 Å². The van der Waals surface area contributed by atoms with Gasteiger partial charge in [0.15, 0.2) is 12.1 Å². The first kappa shape index (κ1) is 20.6. The molecule has 0 unspecified atom stereocenters. The second-order valence-electron chi connectivity index (χ2n) is 7.93. The van der Waals surface area contributed by atoms with Crippen molar-refractivity contribution in [3.8, 4) is 0 Å². The van der Waals surface area contributed by atoms with Crippen LogP contribution in [-0.4, -0.2) is 24.3 Å². The van der Waals surface area contributed by atoms with Crippen molar-refractivity contribution >= 4 is 6.29 Å². The molecule has 0 aromatic heterocycles. The summed E-state index contributed by atoms with van der Waals surface area (Å²) in [7, 11) is 0. The zero-order valence-corrected chi connectivity index (χ0v) is 15.8. The van der Waals surface area contributed by atoms with E-state index in [2.05, 4.69) is 13.8 Å². The zero-order chi connectivity index (χ0) is 17.1. The van der Waals surface area contributed by atoms with E-state index in [1.807, 2.05) is 13.8 Å². The summed E-state index contributed by atoms with van der Waals surface area (Å²) in [4.78, 5) is 11.0. The van der Waals surface area contributed by atoms with Gasteiger partial charge < -0.3 is 14.3 Å². The molecule has 0 aromatic rings. The van der Waals surface area contributed by atoms with Crippen LogP contribution < -0.4 is 0 Å². The fraction of sp³-hybridized carbons (Fsp3) is 0.950. The molecule has 0 radical (unpaired) electrons. The maximum Gasteiger partial charge on any atom is 0.164 e. The van der Waals surface area contributed by atoms with E-state index in [4.69, 9.17) is 9.47 Å². The average molecular weight is 327 g/mol. The summed E-state index contributed by atoms with van der Waals surface area (Å²) in [5.74, 6) is 0.250. The van der Waals surface area contributed by atoms with E-state index in [1.165, 1.54) is 57.8 Å². The molecule has 2 atom stereocenters. The number of rotatable bonds is 13. The first-order valence-corrected chi connectivity index (χ1v) is 9.75. The lowest BCUT2D eigenvalue weighted by Gasteiger charge is -2.16. The molecular formula is C20H38O3. The van der Waals surface area contributed by atoms with Crippen LogP contribution in [0.1, 0.15) is 98.3 Å². The van der Waals surface area contributed by atoms with Crippen molar-refractivity contribution in [2.45, 2.75) is 116 Å². The lowest BCUT2D eigenvalue weighted by Crippen LogP contribution is -2.23. The maximum absolute atomic E-state index is 11.0. The lowest BCUT2D eigenvalue weighted by atomic mass is 10.0. The number of ether oxygens (including phenoxy) is 2. The zero-order valence-electron chi connectivity index (χ0n) is 15.8. The summed E-state index contributed by atoms with van der Waals surface area (Å²) in [6.07, 6.45) is 14.7. The Bertz CT molecular complexity index is 312. The Morgan fingerprint density at radius 3 is 1.91 bits per heavy atom. The van der Waals surface area contributed by atoms with Gasteiger partial charge in [0.2, 0.25) is 0 Å². The van der Waals surface area contributed by atoms with Gasteiger partial charge in [-0.2, -0.15) is 0 Å². The van der Waals surface area contributed by atoms with E-state index in [0.717, 1.165) is 25.0 Å². The fourth-order valence-corrected chi connectivity index (χ4v) is 3.34. The number of hydrogen-bond acceptors (Lipinski definition) is 3. The molecule has 1 fully saturated rings. The number of unbranched alkanes of at least 4 members (excludes halogenated alkanes) is 8. The van der Waals surface area contributed by atoms with Crippen LogP contribution in [0.3, 0.4) is 0 Å². The molecule has 0 N–H and O–H groups in total. The Balaban J connectivity index is 1.91. The number of aldehydes is 1. The number of carbonyl (C=O) groups excluding carboxylic acids is 1. The van der Waals surface area contributed by atoms with Crippen molar-refractivity contribution in [2.75, 3.05) is 0 Å². The molecule has 0 saturated carbocycles. The molecule has 3 nitrogen and oxygen atoms in total. The molecule has 0 bridgehead atoms. The predicted molar refractivity (Wildman–Crippen MR) is 95.5 cm³/mol. The lowest BCUT2D eigenvalue weighted by molar-refractivity contribution is -0.150. The third kappa shape index (κ3) is 9.46. The first-order chi connectivity index (χ1) is 10.9. The van der Waals surface area contributed by atoms with Gasteiger partial charge in [-0.15, -0.1) is 0 Å². The molecule has 23 heavy (non-hydrogen) atoms. The van der Waals surface area contributed by atoms with Gasteiger partial charge in [-0.05, 0) is 26.2 Å². The third-order valence-corrected chi connectivity index (χ3v) is 4.63. The fourth-order valence-electron chi connectivity index (χ4n) is 3.34. The van der Waals surface area contributed by atoms with E-state index >= 15 is 0 Å². The summed E-state index contributed by atoms with van der Waals surface area (Å²) < 4.78 is 11.4. The van der Waals surface area contributed by atoms with E-state index in [9.17, 15) is 4.79 Å². The molecule has 1 aliphatic heterocycles. The summed E-state index contributed by atoms with van der Waals surface area (Å²) >= 11 is 0. The molecule has 1 heterocycles. The van der Waals surface area contributed by atoms with Crippen molar-refractivity contribution in [1.29, 1.82) is 0 Å². The SMILES string of the molecule is CC(C)CCCCCCCCCCC[C@H]1OC(C)(C)O[C@H]1C=O. The Kier molecular flexibility index (Phi) is 10.0. The standard InChI is InChI=1S/C20H38O3/c1-17(2)14-12-10-8-6-5-7-9-11-13-15-18-19(16-21)23-20(3,4)22-18/h16-19H,5-15H2,1-4H3/t18-,19+/m1/s1. The molecule has 1 saturated heterocycles. The van der Waals surface area contributed by atoms with Crippen molar-refractivity contribution < 1.29 is 14.3 Å². The minimum atomic E-state index is -0.605. The van der Waals surface area contributed by atoms with Crippen LogP contribution >= 0.6 is 0 Å². The second-order valence-corrected chi connectivity index (χ2v) is 7.93. The van der Waals surface area contributed by atoms with Crippen LogP contribution in [0.2, 0.25) is 0 Å². The molecule has 136 valence electrons. The van der Waals surface area contributed by atoms with Crippen molar-refractivity contribution in [3.05, 3.63) is 0 Å². The summed E-state index contributed by atoms with van der Waals surface area (Å²) in [6.45, 7) is 8.37. The number of carbonyl (C=O) groups is 1. The largest absolute Gasteiger partial charge is 0.344 e. The predicted octanol–water partition coefficient (Wildman–Crippen LogP) is 5.65. The van der Waals surface area contributed by atoms with Gasteiger partial charge >= 0.3 is 0 Å². The van der Waals surface area contributed by atoms with E-state index in [-0.39, 0.29) is 12.2 Å². The van der Waals surface area contributed by atoms with Crippen LogP contribution in [0.5, 0.6) is 0 Å². The number of hydrogen-bond donors (Lipinski definition) is 0. The monoisotopic (exact) mass is 326 g/mol. The average Bonchev–Trinajstić information content (AvgIpc) is 2.78. The first-order valence-electron chi connectivity index (χ1n) is 9.75. The highest BCUT2D eigenvalue weighted by Gasteiger charge is 2.40. The Labute approximate surface area is 143 Å².